The van der Waals surface area contributed by atoms with Crippen LogP contribution < -0.4 is 4.90 Å². The third-order valence-corrected chi connectivity index (χ3v) is 4.47. The Kier molecular flexibility index (Phi) is 2.93. The summed E-state index contributed by atoms with van der Waals surface area (Å²) in [6.45, 7) is 1.35. The van der Waals surface area contributed by atoms with Crippen molar-refractivity contribution in [1.82, 2.24) is 24.5 Å². The molecule has 1 amide bonds. The zero-order chi connectivity index (χ0) is 16.8. The molecule has 0 N–H and O–H groups in total. The average molecular weight is 330 g/mol. The Morgan fingerprint density at radius 3 is 2.72 bits per heavy atom. The lowest BCUT2D eigenvalue weighted by Gasteiger charge is -2.16. The lowest BCUT2D eigenvalue weighted by Crippen LogP contribution is -2.30. The van der Waals surface area contributed by atoms with Crippen molar-refractivity contribution in [3.8, 4) is 5.69 Å². The van der Waals surface area contributed by atoms with Gasteiger partial charge in [0.2, 0.25) is 5.95 Å². The highest BCUT2D eigenvalue weighted by molar-refractivity contribution is 6.08. The number of carbonyl (C=O) groups excluding carboxylic acids is 1. The molecule has 2 aromatic heterocycles. The molecular weight excluding hydrogens is 316 g/mol. The number of benzene rings is 2. The predicted molar refractivity (Wildman–Crippen MR) is 92.8 cm³/mol. The summed E-state index contributed by atoms with van der Waals surface area (Å²) < 4.78 is 3.69. The fourth-order valence-corrected chi connectivity index (χ4v) is 3.32. The quantitative estimate of drug-likeness (QED) is 0.565. The number of hydrogen-bond acceptors (Lipinski definition) is 4. The van der Waals surface area contributed by atoms with Crippen molar-refractivity contribution in [1.29, 1.82) is 0 Å². The zero-order valence-electron chi connectivity index (χ0n) is 13.3. The van der Waals surface area contributed by atoms with Crippen LogP contribution in [0.15, 0.2) is 60.9 Å². The molecule has 0 fully saturated rings. The molecule has 3 heterocycles. The van der Waals surface area contributed by atoms with Crippen LogP contribution >= 0.6 is 0 Å². The van der Waals surface area contributed by atoms with Gasteiger partial charge in [0.15, 0.2) is 0 Å². The summed E-state index contributed by atoms with van der Waals surface area (Å²) in [5, 5.41) is 7.84. The fraction of sp³-hybridized carbons (Fsp3) is 0.111. The Bertz CT molecular complexity index is 1080. The van der Waals surface area contributed by atoms with Gasteiger partial charge in [0.05, 0.1) is 34.7 Å². The van der Waals surface area contributed by atoms with Crippen LogP contribution in [0.3, 0.4) is 0 Å². The molecule has 2 aromatic carbocycles. The van der Waals surface area contributed by atoms with Crippen molar-refractivity contribution in [3.63, 3.8) is 0 Å². The first-order valence-electron chi connectivity index (χ1n) is 8.06. The summed E-state index contributed by atoms with van der Waals surface area (Å²) in [5.74, 6) is 0.611. The number of amides is 1. The molecule has 0 unspecified atom stereocenters. The molecular formula is C18H14N6O. The standard InChI is InChI=1S/C18H14N6O/c25-17(13-5-1-3-7-15(13)24-10-9-19-21-24)23-12-11-22-16-8-4-2-6-14(16)20-18(22)23/h1-10H,11-12H2. The summed E-state index contributed by atoms with van der Waals surface area (Å²) >= 11 is 0. The Hall–Kier alpha value is -3.48. The van der Waals surface area contributed by atoms with Crippen molar-refractivity contribution in [3.05, 3.63) is 66.5 Å². The lowest BCUT2D eigenvalue weighted by molar-refractivity contribution is 0.0988. The normalized spacial score (nSPS) is 13.4. The lowest BCUT2D eigenvalue weighted by atomic mass is 10.1. The monoisotopic (exact) mass is 330 g/mol. The van der Waals surface area contributed by atoms with Crippen LogP contribution in [-0.4, -0.2) is 37.0 Å². The summed E-state index contributed by atoms with van der Waals surface area (Å²) in [6, 6.07) is 15.3. The minimum absolute atomic E-state index is 0.0832. The number of hydrogen-bond donors (Lipinski definition) is 0. The first-order valence-corrected chi connectivity index (χ1v) is 8.06. The maximum absolute atomic E-state index is 13.2. The second-order valence-electron chi connectivity index (χ2n) is 5.87. The van der Waals surface area contributed by atoms with E-state index in [1.165, 1.54) is 0 Å². The van der Waals surface area contributed by atoms with Gasteiger partial charge in [-0.1, -0.05) is 29.5 Å². The van der Waals surface area contributed by atoms with Crippen molar-refractivity contribution in [2.75, 3.05) is 11.4 Å². The van der Waals surface area contributed by atoms with Crippen LogP contribution in [0, 0.1) is 0 Å². The first kappa shape index (κ1) is 13.9. The summed E-state index contributed by atoms with van der Waals surface area (Å²) in [5.41, 5.74) is 3.24. The smallest absolute Gasteiger partial charge is 0.262 e. The van der Waals surface area contributed by atoms with E-state index >= 15 is 0 Å². The topological polar surface area (TPSA) is 68.8 Å². The van der Waals surface area contributed by atoms with Gasteiger partial charge in [0, 0.05) is 13.1 Å². The molecule has 0 aliphatic carbocycles. The third-order valence-electron chi connectivity index (χ3n) is 4.47. The van der Waals surface area contributed by atoms with Gasteiger partial charge in [-0.2, -0.15) is 0 Å². The maximum Gasteiger partial charge on any atom is 0.262 e. The van der Waals surface area contributed by atoms with Crippen molar-refractivity contribution < 1.29 is 4.79 Å². The Labute approximate surface area is 143 Å². The second kappa shape index (κ2) is 5.27. The van der Waals surface area contributed by atoms with E-state index in [1.54, 1.807) is 22.0 Å². The molecule has 4 aromatic rings. The third kappa shape index (κ3) is 2.06. The van der Waals surface area contributed by atoms with E-state index < -0.39 is 0 Å². The van der Waals surface area contributed by atoms with E-state index in [4.69, 9.17) is 0 Å². The molecule has 0 saturated carbocycles. The molecule has 0 radical (unpaired) electrons. The minimum atomic E-state index is -0.0832. The van der Waals surface area contributed by atoms with Crippen LogP contribution in [0.1, 0.15) is 10.4 Å². The highest BCUT2D eigenvalue weighted by Gasteiger charge is 2.30. The second-order valence-corrected chi connectivity index (χ2v) is 5.87. The fourth-order valence-electron chi connectivity index (χ4n) is 3.32. The molecule has 0 atom stereocenters. The Morgan fingerprint density at radius 2 is 1.84 bits per heavy atom. The number of carbonyl (C=O) groups is 1. The van der Waals surface area contributed by atoms with E-state index in [9.17, 15) is 4.79 Å². The molecule has 25 heavy (non-hydrogen) atoms. The van der Waals surface area contributed by atoms with Crippen molar-refractivity contribution in [2.45, 2.75) is 6.54 Å². The van der Waals surface area contributed by atoms with Gasteiger partial charge >= 0.3 is 0 Å². The molecule has 7 nitrogen and oxygen atoms in total. The van der Waals surface area contributed by atoms with Crippen LogP contribution in [0.25, 0.3) is 16.7 Å². The van der Waals surface area contributed by atoms with Gasteiger partial charge in [0.25, 0.3) is 5.91 Å². The number of para-hydroxylation sites is 3. The predicted octanol–water partition coefficient (Wildman–Crippen LogP) is 2.28. The Morgan fingerprint density at radius 1 is 1.00 bits per heavy atom. The van der Waals surface area contributed by atoms with E-state index in [1.807, 2.05) is 48.5 Å². The van der Waals surface area contributed by atoms with E-state index in [2.05, 4.69) is 19.9 Å². The molecule has 122 valence electrons. The highest BCUT2D eigenvalue weighted by atomic mass is 16.2. The summed E-state index contributed by atoms with van der Waals surface area (Å²) in [4.78, 5) is 19.6. The van der Waals surface area contributed by atoms with Crippen molar-refractivity contribution >= 4 is 22.9 Å². The van der Waals surface area contributed by atoms with Gasteiger partial charge < -0.3 is 4.57 Å². The summed E-state index contributed by atoms with van der Waals surface area (Å²) in [6.07, 6.45) is 3.32. The van der Waals surface area contributed by atoms with Gasteiger partial charge in [-0.15, -0.1) is 5.10 Å². The highest BCUT2D eigenvalue weighted by Crippen LogP contribution is 2.29. The Balaban J connectivity index is 1.60. The first-order chi connectivity index (χ1) is 12.3. The average Bonchev–Trinajstić information content (AvgIpc) is 3.37. The molecule has 5 rings (SSSR count). The molecule has 1 aliphatic heterocycles. The van der Waals surface area contributed by atoms with Crippen LogP contribution in [0.4, 0.5) is 5.95 Å². The van der Waals surface area contributed by atoms with Gasteiger partial charge in [-0.3, -0.25) is 9.69 Å². The van der Waals surface area contributed by atoms with Gasteiger partial charge in [-0.05, 0) is 24.3 Å². The van der Waals surface area contributed by atoms with Crippen LogP contribution in [0.5, 0.6) is 0 Å². The van der Waals surface area contributed by atoms with Crippen molar-refractivity contribution in [2.24, 2.45) is 0 Å². The number of rotatable bonds is 2. The number of fused-ring (bicyclic) bond motifs is 3. The number of anilines is 1. The molecule has 7 heteroatoms. The molecule has 0 saturated heterocycles. The maximum atomic E-state index is 13.2. The SMILES string of the molecule is O=C(c1ccccc1-n1ccnn1)N1CCn2c1nc1ccccc12. The molecule has 0 bridgehead atoms. The minimum Gasteiger partial charge on any atom is -0.308 e. The number of imidazole rings is 1. The van der Waals surface area contributed by atoms with Crippen LogP contribution in [-0.2, 0) is 6.54 Å². The summed E-state index contributed by atoms with van der Waals surface area (Å²) in [7, 11) is 0. The van der Waals surface area contributed by atoms with E-state index in [-0.39, 0.29) is 5.91 Å². The van der Waals surface area contributed by atoms with E-state index in [0.717, 1.165) is 17.6 Å². The number of nitrogens with zero attached hydrogens (tertiary/aromatic N) is 6. The largest absolute Gasteiger partial charge is 0.308 e. The van der Waals surface area contributed by atoms with E-state index in [0.29, 0.717) is 23.7 Å². The zero-order valence-corrected chi connectivity index (χ0v) is 13.3. The van der Waals surface area contributed by atoms with Crippen LogP contribution in [0.2, 0.25) is 0 Å². The van der Waals surface area contributed by atoms with Gasteiger partial charge in [-0.25, -0.2) is 9.67 Å². The van der Waals surface area contributed by atoms with Gasteiger partial charge in [0.1, 0.15) is 0 Å². The number of aromatic nitrogens is 5. The molecule has 0 spiro atoms. The molecule has 1 aliphatic rings.